The number of nitrogens with one attached hydrogen (secondary N) is 1. The largest absolute Gasteiger partial charge is 0.463 e. The Labute approximate surface area is 108 Å². The molecule has 0 unspecified atom stereocenters. The molecule has 0 aliphatic rings. The number of amides is 1. The van der Waals surface area contributed by atoms with Gasteiger partial charge >= 0.3 is 0 Å². The van der Waals surface area contributed by atoms with Crippen LogP contribution in [0.5, 0.6) is 0 Å². The van der Waals surface area contributed by atoms with Gasteiger partial charge in [0.1, 0.15) is 18.1 Å². The minimum absolute atomic E-state index is 0.254. The van der Waals surface area contributed by atoms with Gasteiger partial charge in [-0.25, -0.2) is 5.84 Å². The molecule has 0 saturated heterocycles. The highest BCUT2D eigenvalue weighted by Gasteiger charge is 2.14. The van der Waals surface area contributed by atoms with E-state index in [1.165, 1.54) is 0 Å². The number of nitrogen functional groups attached to an aromatic ring is 1. The Morgan fingerprint density at radius 2 is 2.17 bits per heavy atom. The number of nitrogens with two attached hydrogens (primary N) is 1. The molecule has 1 aromatic rings. The molecule has 5 heteroatoms. The highest BCUT2D eigenvalue weighted by Crippen LogP contribution is 2.19. The summed E-state index contributed by atoms with van der Waals surface area (Å²) in [4.78, 5) is 11.4. The van der Waals surface area contributed by atoms with Crippen molar-refractivity contribution in [3.05, 3.63) is 23.2 Å². The molecule has 3 N–H and O–H groups in total. The van der Waals surface area contributed by atoms with Crippen LogP contribution in [0.1, 0.15) is 49.1 Å². The van der Waals surface area contributed by atoms with Crippen LogP contribution >= 0.6 is 0 Å². The van der Waals surface area contributed by atoms with Crippen LogP contribution in [0.3, 0.4) is 0 Å². The average molecular weight is 254 g/mol. The Kier molecular flexibility index (Phi) is 4.93. The first-order valence-electron chi connectivity index (χ1n) is 6.01. The van der Waals surface area contributed by atoms with E-state index in [1.54, 1.807) is 13.0 Å². The summed E-state index contributed by atoms with van der Waals surface area (Å²) in [6.07, 6.45) is 0.975. The molecule has 0 atom stereocenters. The number of aryl methyl sites for hydroxylation is 1. The van der Waals surface area contributed by atoms with Crippen LogP contribution in [-0.2, 0) is 11.3 Å². The Hall–Kier alpha value is -1.33. The lowest BCUT2D eigenvalue weighted by Gasteiger charge is -2.17. The van der Waals surface area contributed by atoms with Gasteiger partial charge in [0.15, 0.2) is 0 Å². The van der Waals surface area contributed by atoms with E-state index in [-0.39, 0.29) is 11.3 Å². The Bertz CT molecular complexity index is 405. The van der Waals surface area contributed by atoms with Crippen molar-refractivity contribution in [3.63, 3.8) is 0 Å². The second kappa shape index (κ2) is 6.02. The Balaban J connectivity index is 2.47. The lowest BCUT2D eigenvalue weighted by Crippen LogP contribution is -2.30. The molecule has 1 rings (SSSR count). The molecule has 102 valence electrons. The van der Waals surface area contributed by atoms with E-state index < -0.39 is 0 Å². The second-order valence-corrected chi connectivity index (χ2v) is 5.52. The first kappa shape index (κ1) is 14.7. The first-order valence-corrected chi connectivity index (χ1v) is 6.01. The third kappa shape index (κ3) is 4.50. The molecule has 5 nitrogen and oxygen atoms in total. The van der Waals surface area contributed by atoms with Gasteiger partial charge < -0.3 is 9.15 Å². The van der Waals surface area contributed by atoms with Gasteiger partial charge in [-0.1, -0.05) is 20.8 Å². The van der Waals surface area contributed by atoms with Gasteiger partial charge in [-0.3, -0.25) is 10.2 Å². The third-order valence-corrected chi connectivity index (χ3v) is 2.59. The van der Waals surface area contributed by atoms with Crippen LogP contribution in [0.2, 0.25) is 0 Å². The van der Waals surface area contributed by atoms with E-state index in [1.807, 2.05) is 0 Å². The molecule has 0 aliphatic heterocycles. The zero-order valence-electron chi connectivity index (χ0n) is 11.5. The number of furan rings is 1. The van der Waals surface area contributed by atoms with Gasteiger partial charge in [-0.15, -0.1) is 0 Å². The van der Waals surface area contributed by atoms with Gasteiger partial charge in [0.2, 0.25) is 0 Å². The minimum Gasteiger partial charge on any atom is -0.463 e. The highest BCUT2D eigenvalue weighted by molar-refractivity contribution is 5.94. The van der Waals surface area contributed by atoms with Crippen molar-refractivity contribution in [1.82, 2.24) is 5.43 Å². The highest BCUT2D eigenvalue weighted by atomic mass is 16.5. The molecular weight excluding hydrogens is 232 g/mol. The Morgan fingerprint density at radius 3 is 2.72 bits per heavy atom. The van der Waals surface area contributed by atoms with E-state index in [2.05, 4.69) is 26.2 Å². The number of hydrogen-bond donors (Lipinski definition) is 2. The van der Waals surface area contributed by atoms with Crippen molar-refractivity contribution >= 4 is 5.91 Å². The molecular formula is C13H22N2O3. The molecule has 0 bridgehead atoms. The van der Waals surface area contributed by atoms with Crippen LogP contribution < -0.4 is 11.3 Å². The monoisotopic (exact) mass is 254 g/mol. The third-order valence-electron chi connectivity index (χ3n) is 2.59. The van der Waals surface area contributed by atoms with Crippen molar-refractivity contribution in [2.45, 2.75) is 40.7 Å². The first-order chi connectivity index (χ1) is 8.33. The molecule has 0 saturated carbocycles. The molecule has 0 radical (unpaired) electrons. The normalized spacial score (nSPS) is 11.6. The number of rotatable bonds is 5. The van der Waals surface area contributed by atoms with Crippen LogP contribution in [-0.4, -0.2) is 12.5 Å². The summed E-state index contributed by atoms with van der Waals surface area (Å²) in [5, 5.41) is 0. The van der Waals surface area contributed by atoms with Crippen molar-refractivity contribution in [2.24, 2.45) is 11.3 Å². The van der Waals surface area contributed by atoms with E-state index >= 15 is 0 Å². The van der Waals surface area contributed by atoms with Crippen LogP contribution in [0.25, 0.3) is 0 Å². The standard InChI is InChI=1S/C13H22N2O3/c1-9-11(12(16)15-14)7-10(18-9)8-17-6-5-13(2,3)4/h7H,5-6,8,14H2,1-4H3,(H,15,16). The zero-order chi connectivity index (χ0) is 13.8. The fourth-order valence-corrected chi connectivity index (χ4v) is 1.47. The summed E-state index contributed by atoms with van der Waals surface area (Å²) in [7, 11) is 0. The molecule has 0 spiro atoms. The maximum atomic E-state index is 11.4. The maximum absolute atomic E-state index is 11.4. The summed E-state index contributed by atoms with van der Waals surface area (Å²) in [6, 6.07) is 1.66. The van der Waals surface area contributed by atoms with Gasteiger partial charge in [-0.05, 0) is 24.8 Å². The number of hydrogen-bond acceptors (Lipinski definition) is 4. The van der Waals surface area contributed by atoms with Crippen molar-refractivity contribution in [3.8, 4) is 0 Å². The Morgan fingerprint density at radius 1 is 1.50 bits per heavy atom. The number of carbonyl (C=O) groups is 1. The van der Waals surface area contributed by atoms with Gasteiger partial charge in [0.25, 0.3) is 5.91 Å². The molecule has 0 fully saturated rings. The average Bonchev–Trinajstić information content (AvgIpc) is 2.64. The quantitative estimate of drug-likeness (QED) is 0.365. The van der Waals surface area contributed by atoms with Crippen molar-refractivity contribution < 1.29 is 13.9 Å². The van der Waals surface area contributed by atoms with Gasteiger partial charge in [0.05, 0.1) is 5.56 Å². The predicted octanol–water partition coefficient (Wildman–Crippen LogP) is 2.14. The van der Waals surface area contributed by atoms with E-state index in [0.717, 1.165) is 6.42 Å². The van der Waals surface area contributed by atoms with Crippen LogP contribution in [0.4, 0.5) is 0 Å². The van der Waals surface area contributed by atoms with Crippen LogP contribution in [0.15, 0.2) is 10.5 Å². The van der Waals surface area contributed by atoms with Gasteiger partial charge in [-0.2, -0.15) is 0 Å². The lowest BCUT2D eigenvalue weighted by molar-refractivity contribution is 0.0839. The number of carbonyl (C=O) groups excluding carboxylic acids is 1. The van der Waals surface area contributed by atoms with E-state index in [9.17, 15) is 4.79 Å². The molecule has 1 heterocycles. The van der Waals surface area contributed by atoms with Crippen molar-refractivity contribution in [1.29, 1.82) is 0 Å². The fourth-order valence-electron chi connectivity index (χ4n) is 1.47. The minimum atomic E-state index is -0.350. The SMILES string of the molecule is Cc1oc(COCCC(C)(C)C)cc1C(=O)NN. The zero-order valence-corrected chi connectivity index (χ0v) is 11.5. The molecule has 0 aliphatic carbocycles. The molecule has 1 aromatic heterocycles. The topological polar surface area (TPSA) is 77.5 Å². The van der Waals surface area contributed by atoms with E-state index in [0.29, 0.717) is 30.3 Å². The fraction of sp³-hybridized carbons (Fsp3) is 0.615. The molecule has 1 amide bonds. The summed E-state index contributed by atoms with van der Waals surface area (Å²) in [5.74, 6) is 5.92. The molecule has 0 aromatic carbocycles. The van der Waals surface area contributed by atoms with Gasteiger partial charge in [0, 0.05) is 6.61 Å². The lowest BCUT2D eigenvalue weighted by atomic mass is 9.93. The molecule has 18 heavy (non-hydrogen) atoms. The van der Waals surface area contributed by atoms with E-state index in [4.69, 9.17) is 15.0 Å². The summed E-state index contributed by atoms with van der Waals surface area (Å²) >= 11 is 0. The second-order valence-electron chi connectivity index (χ2n) is 5.52. The summed E-state index contributed by atoms with van der Waals surface area (Å²) < 4.78 is 10.9. The number of ether oxygens (including phenoxy) is 1. The summed E-state index contributed by atoms with van der Waals surface area (Å²) in [5.41, 5.74) is 2.79. The summed E-state index contributed by atoms with van der Waals surface area (Å²) in [6.45, 7) is 9.25. The number of hydrazine groups is 1. The maximum Gasteiger partial charge on any atom is 0.268 e. The van der Waals surface area contributed by atoms with Crippen LogP contribution in [0, 0.1) is 12.3 Å². The predicted molar refractivity (Wildman–Crippen MR) is 68.8 cm³/mol. The smallest absolute Gasteiger partial charge is 0.268 e. The van der Waals surface area contributed by atoms with Crippen molar-refractivity contribution in [2.75, 3.05) is 6.61 Å².